The van der Waals surface area contributed by atoms with Crippen molar-refractivity contribution in [2.75, 3.05) is 30.4 Å². The minimum Gasteiger partial charge on any atom is -0.497 e. The molecule has 1 heterocycles. The first-order valence-electron chi connectivity index (χ1n) is 8.88. The molecule has 0 fully saturated rings. The molecule has 0 radical (unpaired) electrons. The fraction of sp³-hybridized carbons (Fsp3) is 0.333. The SMILES string of the molecule is C/C=C(/C=C/C(=O)Nc1ccc2nc(N(CC)CC)cc(C)c2c1)OC. The Balaban J connectivity index is 2.25. The van der Waals surface area contributed by atoms with Crippen molar-refractivity contribution >= 4 is 28.3 Å². The number of hydrogen-bond acceptors (Lipinski definition) is 4. The van der Waals surface area contributed by atoms with Crippen LogP contribution in [-0.2, 0) is 9.53 Å². The summed E-state index contributed by atoms with van der Waals surface area (Å²) in [6.07, 6.45) is 4.89. The first-order chi connectivity index (χ1) is 12.5. The summed E-state index contributed by atoms with van der Waals surface area (Å²) in [5.74, 6) is 1.42. The van der Waals surface area contributed by atoms with Crippen LogP contribution in [0.3, 0.4) is 0 Å². The number of ether oxygens (including phenoxy) is 1. The molecule has 0 spiro atoms. The van der Waals surface area contributed by atoms with Crippen LogP contribution in [0.25, 0.3) is 10.9 Å². The van der Waals surface area contributed by atoms with Crippen LogP contribution in [0.15, 0.2) is 48.3 Å². The number of carbonyl (C=O) groups is 1. The summed E-state index contributed by atoms with van der Waals surface area (Å²) < 4.78 is 5.10. The van der Waals surface area contributed by atoms with Gasteiger partial charge in [-0.2, -0.15) is 0 Å². The predicted molar refractivity (Wildman–Crippen MR) is 109 cm³/mol. The third kappa shape index (κ3) is 4.63. The van der Waals surface area contributed by atoms with Crippen molar-refractivity contribution < 1.29 is 9.53 Å². The van der Waals surface area contributed by atoms with Crippen LogP contribution >= 0.6 is 0 Å². The van der Waals surface area contributed by atoms with Gasteiger partial charge in [-0.15, -0.1) is 0 Å². The second-order valence-corrected chi connectivity index (χ2v) is 5.92. The zero-order valence-corrected chi connectivity index (χ0v) is 16.2. The number of carbonyl (C=O) groups excluding carboxylic acids is 1. The Labute approximate surface area is 155 Å². The van der Waals surface area contributed by atoms with Crippen molar-refractivity contribution in [1.29, 1.82) is 0 Å². The number of nitrogens with one attached hydrogen (secondary N) is 1. The Hall–Kier alpha value is -2.82. The summed E-state index contributed by atoms with van der Waals surface area (Å²) in [6.45, 7) is 10.0. The summed E-state index contributed by atoms with van der Waals surface area (Å²) in [4.78, 5) is 19.1. The van der Waals surface area contributed by atoms with Crippen LogP contribution in [0, 0.1) is 6.92 Å². The normalized spacial score (nSPS) is 11.8. The van der Waals surface area contributed by atoms with Crippen LogP contribution in [0.1, 0.15) is 26.3 Å². The highest BCUT2D eigenvalue weighted by Gasteiger charge is 2.09. The van der Waals surface area contributed by atoms with Crippen LogP contribution in [0.5, 0.6) is 0 Å². The lowest BCUT2D eigenvalue weighted by molar-refractivity contribution is -0.111. The summed E-state index contributed by atoms with van der Waals surface area (Å²) in [7, 11) is 1.57. The lowest BCUT2D eigenvalue weighted by Crippen LogP contribution is -2.23. The third-order valence-corrected chi connectivity index (χ3v) is 4.28. The summed E-state index contributed by atoms with van der Waals surface area (Å²) in [5.41, 5.74) is 2.81. The van der Waals surface area contributed by atoms with E-state index in [1.54, 1.807) is 19.3 Å². The zero-order valence-electron chi connectivity index (χ0n) is 16.2. The maximum absolute atomic E-state index is 12.1. The lowest BCUT2D eigenvalue weighted by atomic mass is 10.1. The smallest absolute Gasteiger partial charge is 0.248 e. The van der Waals surface area contributed by atoms with E-state index in [-0.39, 0.29) is 5.91 Å². The minimum atomic E-state index is -0.203. The summed E-state index contributed by atoms with van der Waals surface area (Å²) in [6, 6.07) is 7.88. The molecule has 0 aliphatic heterocycles. The second-order valence-electron chi connectivity index (χ2n) is 5.92. The van der Waals surface area contributed by atoms with E-state index in [1.165, 1.54) is 6.08 Å². The van der Waals surface area contributed by atoms with Gasteiger partial charge in [-0.1, -0.05) is 0 Å². The topological polar surface area (TPSA) is 54.5 Å². The van der Waals surface area contributed by atoms with Crippen molar-refractivity contribution in [1.82, 2.24) is 4.98 Å². The van der Waals surface area contributed by atoms with Crippen molar-refractivity contribution in [2.24, 2.45) is 0 Å². The lowest BCUT2D eigenvalue weighted by Gasteiger charge is -2.21. The molecule has 2 aromatic rings. The first-order valence-corrected chi connectivity index (χ1v) is 8.88. The van der Waals surface area contributed by atoms with Gasteiger partial charge in [-0.05, 0) is 69.7 Å². The molecule has 0 bridgehead atoms. The average molecular weight is 353 g/mol. The molecule has 5 nitrogen and oxygen atoms in total. The highest BCUT2D eigenvalue weighted by atomic mass is 16.5. The predicted octanol–water partition coefficient (Wildman–Crippen LogP) is 4.43. The number of aromatic nitrogens is 1. The quantitative estimate of drug-likeness (QED) is 0.454. The monoisotopic (exact) mass is 353 g/mol. The Bertz CT molecular complexity index is 837. The van der Waals surface area contributed by atoms with Crippen LogP contribution in [0.4, 0.5) is 11.5 Å². The molecule has 1 aromatic heterocycles. The summed E-state index contributed by atoms with van der Waals surface area (Å²) in [5, 5.41) is 3.91. The molecule has 1 amide bonds. The number of methoxy groups -OCH3 is 1. The Morgan fingerprint density at radius 2 is 1.96 bits per heavy atom. The molecule has 26 heavy (non-hydrogen) atoms. The highest BCUT2D eigenvalue weighted by molar-refractivity contribution is 6.01. The molecule has 0 aliphatic carbocycles. The van der Waals surface area contributed by atoms with E-state index in [4.69, 9.17) is 9.72 Å². The highest BCUT2D eigenvalue weighted by Crippen LogP contribution is 2.25. The van der Waals surface area contributed by atoms with Gasteiger partial charge in [0.05, 0.1) is 12.6 Å². The van der Waals surface area contributed by atoms with E-state index < -0.39 is 0 Å². The van der Waals surface area contributed by atoms with Gasteiger partial charge >= 0.3 is 0 Å². The first kappa shape index (κ1) is 19.5. The van der Waals surface area contributed by atoms with E-state index in [1.807, 2.05) is 25.1 Å². The maximum atomic E-state index is 12.1. The van der Waals surface area contributed by atoms with Crippen molar-refractivity contribution in [3.8, 4) is 0 Å². The van der Waals surface area contributed by atoms with Crippen molar-refractivity contribution in [2.45, 2.75) is 27.7 Å². The zero-order chi connectivity index (χ0) is 19.1. The van der Waals surface area contributed by atoms with E-state index in [0.29, 0.717) is 5.76 Å². The standard InChI is InChI=1S/C21H27N3O2/c1-6-17(26-5)10-12-21(25)22-16-9-11-19-18(14-16)15(4)13-20(23-19)24(7-2)8-3/h6,9-14H,7-8H2,1-5H3,(H,22,25)/b12-10+,17-6-. The fourth-order valence-electron chi connectivity index (χ4n) is 2.79. The van der Waals surface area contributed by atoms with E-state index in [9.17, 15) is 4.79 Å². The van der Waals surface area contributed by atoms with Crippen LogP contribution in [-0.4, -0.2) is 31.1 Å². The van der Waals surface area contributed by atoms with Crippen LogP contribution < -0.4 is 10.2 Å². The summed E-state index contributed by atoms with van der Waals surface area (Å²) >= 11 is 0. The average Bonchev–Trinajstić information content (AvgIpc) is 2.64. The molecule has 0 atom stereocenters. The molecule has 2 rings (SSSR count). The number of hydrogen-bond donors (Lipinski definition) is 1. The minimum absolute atomic E-state index is 0.203. The van der Waals surface area contributed by atoms with Gasteiger partial charge in [0.15, 0.2) is 0 Å². The largest absolute Gasteiger partial charge is 0.497 e. The van der Waals surface area contributed by atoms with E-state index in [2.05, 4.69) is 37.1 Å². The number of allylic oxidation sites excluding steroid dienone is 2. The molecular formula is C21H27N3O2. The molecule has 1 N–H and O–H groups in total. The number of nitrogens with zero attached hydrogens (tertiary/aromatic N) is 2. The van der Waals surface area contributed by atoms with Gasteiger partial charge in [-0.25, -0.2) is 4.98 Å². The fourth-order valence-corrected chi connectivity index (χ4v) is 2.79. The molecule has 0 aliphatic rings. The molecule has 0 saturated heterocycles. The van der Waals surface area contributed by atoms with Crippen molar-refractivity contribution in [3.05, 3.63) is 53.8 Å². The molecule has 138 valence electrons. The van der Waals surface area contributed by atoms with Crippen LogP contribution in [0.2, 0.25) is 0 Å². The Morgan fingerprint density at radius 3 is 2.58 bits per heavy atom. The number of amides is 1. The molecular weight excluding hydrogens is 326 g/mol. The van der Waals surface area contributed by atoms with Gasteiger partial charge in [0.2, 0.25) is 5.91 Å². The van der Waals surface area contributed by atoms with Gasteiger partial charge in [0.1, 0.15) is 11.6 Å². The van der Waals surface area contributed by atoms with Gasteiger partial charge in [0, 0.05) is 30.2 Å². The second kappa shape index (κ2) is 9.04. The van der Waals surface area contributed by atoms with E-state index in [0.717, 1.165) is 41.1 Å². The maximum Gasteiger partial charge on any atom is 0.248 e. The number of benzene rings is 1. The Kier molecular flexibility index (Phi) is 6.78. The number of pyridine rings is 1. The number of rotatable bonds is 7. The Morgan fingerprint density at radius 1 is 1.23 bits per heavy atom. The van der Waals surface area contributed by atoms with Gasteiger partial charge < -0.3 is 15.0 Å². The van der Waals surface area contributed by atoms with E-state index >= 15 is 0 Å². The van der Waals surface area contributed by atoms with Crippen molar-refractivity contribution in [3.63, 3.8) is 0 Å². The molecule has 0 unspecified atom stereocenters. The van der Waals surface area contributed by atoms with Gasteiger partial charge in [0.25, 0.3) is 0 Å². The van der Waals surface area contributed by atoms with Gasteiger partial charge in [-0.3, -0.25) is 4.79 Å². The third-order valence-electron chi connectivity index (χ3n) is 4.28. The molecule has 1 aromatic carbocycles. The number of anilines is 2. The molecule has 5 heteroatoms. The number of fused-ring (bicyclic) bond motifs is 1. The molecule has 0 saturated carbocycles. The number of aryl methyl sites for hydroxylation is 1.